The minimum absolute atomic E-state index is 0.0136. The number of hydrogen-bond donors (Lipinski definition) is 0. The number of rotatable bonds is 6. The summed E-state index contributed by atoms with van der Waals surface area (Å²) in [6, 6.07) is 22.3. The van der Waals surface area contributed by atoms with E-state index in [0.29, 0.717) is 11.4 Å². The maximum Gasteiger partial charge on any atom is 0.259 e. The molecule has 1 aliphatic rings. The third-order valence-electron chi connectivity index (χ3n) is 5.60. The molecule has 150 valence electrons. The van der Waals surface area contributed by atoms with Crippen LogP contribution in [0.2, 0.25) is 0 Å². The number of hydrogen-bond acceptors (Lipinski definition) is 3. The predicted molar refractivity (Wildman–Crippen MR) is 119 cm³/mol. The summed E-state index contributed by atoms with van der Waals surface area (Å²) in [5.41, 5.74) is 3.94. The molecule has 0 unspecified atom stereocenters. The second-order valence-electron chi connectivity index (χ2n) is 7.96. The Hall–Kier alpha value is -3.47. The van der Waals surface area contributed by atoms with Crippen molar-refractivity contribution in [1.82, 2.24) is 14.8 Å². The van der Waals surface area contributed by atoms with E-state index >= 15 is 0 Å². The fourth-order valence-electron chi connectivity index (χ4n) is 3.75. The van der Waals surface area contributed by atoms with Gasteiger partial charge in [0, 0.05) is 23.5 Å². The molecule has 1 aliphatic carbocycles. The van der Waals surface area contributed by atoms with E-state index in [9.17, 15) is 4.79 Å². The molecule has 30 heavy (non-hydrogen) atoms. The lowest BCUT2D eigenvalue weighted by atomic mass is 10.1. The van der Waals surface area contributed by atoms with E-state index in [1.807, 2.05) is 65.2 Å². The normalized spacial score (nSPS) is 13.5. The van der Waals surface area contributed by atoms with Gasteiger partial charge in [0.05, 0.1) is 6.20 Å². The van der Waals surface area contributed by atoms with Crippen LogP contribution in [0.5, 0.6) is 0 Å². The van der Waals surface area contributed by atoms with E-state index in [0.717, 1.165) is 42.4 Å². The van der Waals surface area contributed by atoms with Crippen molar-refractivity contribution >= 4 is 22.8 Å². The van der Waals surface area contributed by atoms with Crippen LogP contribution in [0.4, 0.5) is 5.82 Å². The Kier molecular flexibility index (Phi) is 4.79. The van der Waals surface area contributed by atoms with Gasteiger partial charge < -0.3 is 0 Å². The molecule has 5 rings (SSSR count). The first-order chi connectivity index (χ1) is 14.7. The Balaban J connectivity index is 1.45. The van der Waals surface area contributed by atoms with Gasteiger partial charge in [0.1, 0.15) is 5.82 Å². The van der Waals surface area contributed by atoms with Crippen LogP contribution in [0.15, 0.2) is 72.9 Å². The first-order valence-electron chi connectivity index (χ1n) is 10.5. The van der Waals surface area contributed by atoms with Crippen molar-refractivity contribution in [3.63, 3.8) is 0 Å². The number of pyridine rings is 1. The van der Waals surface area contributed by atoms with E-state index in [1.54, 1.807) is 0 Å². The van der Waals surface area contributed by atoms with Gasteiger partial charge in [-0.3, -0.25) is 9.69 Å². The average Bonchev–Trinajstić information content (AvgIpc) is 3.53. The monoisotopic (exact) mass is 396 g/mol. The first-order valence-corrected chi connectivity index (χ1v) is 10.5. The Morgan fingerprint density at radius 1 is 1.03 bits per heavy atom. The summed E-state index contributed by atoms with van der Waals surface area (Å²) in [5, 5.41) is 5.53. The number of amides is 1. The Morgan fingerprint density at radius 2 is 1.80 bits per heavy atom. The van der Waals surface area contributed by atoms with E-state index in [4.69, 9.17) is 4.98 Å². The fraction of sp³-hybridized carbons (Fsp3) is 0.240. The van der Waals surface area contributed by atoms with Gasteiger partial charge in [-0.2, -0.15) is 5.10 Å². The van der Waals surface area contributed by atoms with Crippen molar-refractivity contribution in [2.45, 2.75) is 38.8 Å². The van der Waals surface area contributed by atoms with Crippen molar-refractivity contribution in [3.8, 4) is 0 Å². The van der Waals surface area contributed by atoms with Crippen LogP contribution in [0.1, 0.15) is 34.3 Å². The number of nitrogens with zero attached hydrogens (tertiary/aromatic N) is 4. The lowest BCUT2D eigenvalue weighted by molar-refractivity contribution is 0.0984. The number of carbonyl (C=O) groups is 1. The van der Waals surface area contributed by atoms with Crippen LogP contribution in [0.25, 0.3) is 11.0 Å². The summed E-state index contributed by atoms with van der Waals surface area (Å²) in [5.74, 6) is 0.719. The van der Waals surface area contributed by atoms with Crippen molar-refractivity contribution in [2.75, 3.05) is 4.90 Å². The largest absolute Gasteiger partial charge is 0.290 e. The SMILES string of the molecule is Cc1ccc(C(=O)N(c2ccc3cnn(CCc4ccccc4)c3n2)C2CC2)cc1. The number of carbonyl (C=O) groups excluding carboxylic acids is 1. The number of aryl methyl sites for hydroxylation is 3. The zero-order valence-electron chi connectivity index (χ0n) is 17.0. The smallest absolute Gasteiger partial charge is 0.259 e. The van der Waals surface area contributed by atoms with E-state index in [2.05, 4.69) is 29.4 Å². The third-order valence-corrected chi connectivity index (χ3v) is 5.60. The number of fused-ring (bicyclic) bond motifs is 1. The summed E-state index contributed by atoms with van der Waals surface area (Å²) in [6.45, 7) is 2.78. The lowest BCUT2D eigenvalue weighted by Crippen LogP contribution is -2.33. The maximum atomic E-state index is 13.3. The zero-order chi connectivity index (χ0) is 20.5. The summed E-state index contributed by atoms with van der Waals surface area (Å²) in [4.78, 5) is 20.0. The second-order valence-corrected chi connectivity index (χ2v) is 7.96. The van der Waals surface area contributed by atoms with Crippen molar-refractivity contribution in [1.29, 1.82) is 0 Å². The van der Waals surface area contributed by atoms with Gasteiger partial charge in [-0.05, 0) is 56.0 Å². The molecule has 0 spiro atoms. The van der Waals surface area contributed by atoms with Crippen LogP contribution in [0.3, 0.4) is 0 Å². The second kappa shape index (κ2) is 7.75. The topological polar surface area (TPSA) is 51.0 Å². The van der Waals surface area contributed by atoms with Gasteiger partial charge in [-0.25, -0.2) is 9.67 Å². The van der Waals surface area contributed by atoms with Crippen LogP contribution in [-0.4, -0.2) is 26.7 Å². The third kappa shape index (κ3) is 3.71. The first kappa shape index (κ1) is 18.6. The van der Waals surface area contributed by atoms with E-state index in [1.165, 1.54) is 5.56 Å². The quantitative estimate of drug-likeness (QED) is 0.471. The minimum atomic E-state index is 0.0136. The molecule has 1 saturated carbocycles. The molecule has 1 fully saturated rings. The van der Waals surface area contributed by atoms with E-state index < -0.39 is 0 Å². The zero-order valence-corrected chi connectivity index (χ0v) is 17.0. The molecule has 5 nitrogen and oxygen atoms in total. The molecule has 0 radical (unpaired) electrons. The fourth-order valence-corrected chi connectivity index (χ4v) is 3.75. The molecular weight excluding hydrogens is 372 g/mol. The molecule has 0 atom stereocenters. The lowest BCUT2D eigenvalue weighted by Gasteiger charge is -2.22. The summed E-state index contributed by atoms with van der Waals surface area (Å²) < 4.78 is 1.94. The average molecular weight is 396 g/mol. The molecule has 2 aromatic carbocycles. The van der Waals surface area contributed by atoms with E-state index in [-0.39, 0.29) is 11.9 Å². The molecule has 0 bridgehead atoms. The van der Waals surface area contributed by atoms with Gasteiger partial charge in [-0.1, -0.05) is 48.0 Å². The molecule has 0 saturated heterocycles. The highest BCUT2D eigenvalue weighted by atomic mass is 16.2. The number of anilines is 1. The highest BCUT2D eigenvalue weighted by Gasteiger charge is 2.35. The van der Waals surface area contributed by atoms with Crippen LogP contribution in [-0.2, 0) is 13.0 Å². The summed E-state index contributed by atoms with van der Waals surface area (Å²) in [6.07, 6.45) is 4.77. The Labute approximate surface area is 176 Å². The molecule has 0 N–H and O–H groups in total. The molecule has 5 heteroatoms. The standard InChI is InChI=1S/C25H24N4O/c1-18-7-9-20(10-8-18)25(30)29(22-12-13-22)23-14-11-21-17-26-28(24(21)27-23)16-15-19-5-3-2-4-6-19/h2-11,14,17,22H,12-13,15-16H2,1H3. The summed E-state index contributed by atoms with van der Waals surface area (Å²) in [7, 11) is 0. The van der Waals surface area contributed by atoms with Crippen molar-refractivity contribution in [2.24, 2.45) is 0 Å². The van der Waals surface area contributed by atoms with Gasteiger partial charge >= 0.3 is 0 Å². The number of aromatic nitrogens is 3. The summed E-state index contributed by atoms with van der Waals surface area (Å²) >= 11 is 0. The Morgan fingerprint density at radius 3 is 2.53 bits per heavy atom. The predicted octanol–water partition coefficient (Wildman–Crippen LogP) is 4.79. The van der Waals surface area contributed by atoms with Gasteiger partial charge in [0.2, 0.25) is 0 Å². The molecule has 0 aliphatic heterocycles. The van der Waals surface area contributed by atoms with Crippen LogP contribution >= 0.6 is 0 Å². The van der Waals surface area contributed by atoms with Gasteiger partial charge in [0.25, 0.3) is 5.91 Å². The van der Waals surface area contributed by atoms with Crippen LogP contribution in [0, 0.1) is 6.92 Å². The highest BCUT2D eigenvalue weighted by Crippen LogP contribution is 2.33. The van der Waals surface area contributed by atoms with Crippen molar-refractivity contribution < 1.29 is 4.79 Å². The Bertz CT molecular complexity index is 1180. The maximum absolute atomic E-state index is 13.3. The van der Waals surface area contributed by atoms with Gasteiger partial charge in [0.15, 0.2) is 5.65 Å². The van der Waals surface area contributed by atoms with Crippen molar-refractivity contribution in [3.05, 3.63) is 89.6 Å². The van der Waals surface area contributed by atoms with Gasteiger partial charge in [-0.15, -0.1) is 0 Å². The highest BCUT2D eigenvalue weighted by molar-refractivity contribution is 6.06. The molecular formula is C25H24N4O. The minimum Gasteiger partial charge on any atom is -0.290 e. The molecule has 2 aromatic heterocycles. The van der Waals surface area contributed by atoms with Crippen LogP contribution < -0.4 is 4.90 Å². The molecule has 1 amide bonds. The number of benzene rings is 2. The molecule has 2 heterocycles. The molecule has 4 aromatic rings.